The lowest BCUT2D eigenvalue weighted by molar-refractivity contribution is -0.133. The molecule has 0 saturated heterocycles. The number of benzene rings is 2. The van der Waals surface area contributed by atoms with Gasteiger partial charge in [0.2, 0.25) is 5.91 Å². The molecule has 2 saturated carbocycles. The maximum atomic E-state index is 15.6. The molecule has 0 bridgehead atoms. The van der Waals surface area contributed by atoms with E-state index in [4.69, 9.17) is 9.47 Å². The van der Waals surface area contributed by atoms with Gasteiger partial charge in [-0.25, -0.2) is 8.78 Å². The van der Waals surface area contributed by atoms with Crippen LogP contribution in [0.3, 0.4) is 0 Å². The van der Waals surface area contributed by atoms with Crippen molar-refractivity contribution in [2.75, 3.05) is 27.8 Å². The molecule has 1 N–H and O–H groups in total. The van der Waals surface area contributed by atoms with Gasteiger partial charge in [-0.2, -0.15) is 0 Å². The quantitative estimate of drug-likeness (QED) is 0.362. The van der Waals surface area contributed by atoms with Crippen LogP contribution in [0.25, 0.3) is 0 Å². The lowest BCUT2D eigenvalue weighted by Gasteiger charge is -2.51. The highest BCUT2D eigenvalue weighted by Crippen LogP contribution is 2.68. The molecule has 0 unspecified atom stereocenters. The Morgan fingerprint density at radius 2 is 1.88 bits per heavy atom. The van der Waals surface area contributed by atoms with E-state index in [1.54, 1.807) is 25.2 Å². The van der Waals surface area contributed by atoms with E-state index in [1.165, 1.54) is 11.1 Å². The Bertz CT molecular complexity index is 1230. The van der Waals surface area contributed by atoms with Crippen molar-refractivity contribution >= 4 is 5.91 Å². The average Bonchev–Trinajstić information content (AvgIpc) is 3.15. The number of ether oxygens (including phenoxy) is 2. The number of phenolic OH excluding ortho intramolecular Hbond substituents is 1. The Morgan fingerprint density at radius 3 is 2.62 bits per heavy atom. The fourth-order valence-corrected chi connectivity index (χ4v) is 8.25. The summed E-state index contributed by atoms with van der Waals surface area (Å²) in [6.45, 7) is 2.41. The van der Waals surface area contributed by atoms with Crippen molar-refractivity contribution in [3.05, 3.63) is 53.1 Å². The summed E-state index contributed by atoms with van der Waals surface area (Å²) in [5.41, 5.74) is 2.50. The Morgan fingerprint density at radius 1 is 1.10 bits per heavy atom. The summed E-state index contributed by atoms with van der Waals surface area (Å²) in [4.78, 5) is 14.7. The van der Waals surface area contributed by atoms with Gasteiger partial charge in [0.15, 0.2) is 11.5 Å². The third-order valence-corrected chi connectivity index (χ3v) is 10.4. The number of aromatic hydroxyl groups is 1. The molecule has 3 aliphatic carbocycles. The SMILES string of the molecule is COc1ccc(CCN(C)C(=O)CCC[C@H]2CC(F)(F)[C@@]3(C)CC[C@@H]4c5ccc(O)cc5CC[C@H]4[C@H]23)cc1OC. The third kappa shape index (κ3) is 5.16. The van der Waals surface area contributed by atoms with Crippen LogP contribution < -0.4 is 9.47 Å². The molecule has 5 nitrogen and oxygen atoms in total. The first kappa shape index (κ1) is 28.7. The summed E-state index contributed by atoms with van der Waals surface area (Å²) in [6.07, 6.45) is 5.34. The predicted octanol–water partition coefficient (Wildman–Crippen LogP) is 7.00. The minimum Gasteiger partial charge on any atom is -0.508 e. The standard InChI is InChI=1S/C33H43F2NO4/c1-32-16-14-26-25-12-10-24(37)19-22(25)9-11-27(26)31(32)23(20-33(32,34)35)6-5-7-30(38)36(2)17-15-21-8-13-28(39-3)29(18-21)40-4/h8,10,12-13,18-19,23,26-27,31,37H,5-7,9,11,14-17,20H2,1-4H3/t23-,26+,27+,31-,32-/m0/s1. The minimum absolute atomic E-state index is 0.0407. The number of nitrogens with zero attached hydrogens (tertiary/aromatic N) is 1. The second-order valence-electron chi connectivity index (χ2n) is 12.5. The second-order valence-corrected chi connectivity index (χ2v) is 12.5. The van der Waals surface area contributed by atoms with Crippen LogP contribution in [0.1, 0.15) is 74.5 Å². The molecule has 0 radical (unpaired) electrons. The van der Waals surface area contributed by atoms with Gasteiger partial charge >= 0.3 is 0 Å². The molecule has 0 heterocycles. The molecule has 40 heavy (non-hydrogen) atoms. The van der Waals surface area contributed by atoms with Gasteiger partial charge in [-0.3, -0.25) is 4.79 Å². The van der Waals surface area contributed by atoms with Crippen molar-refractivity contribution in [1.29, 1.82) is 0 Å². The average molecular weight is 556 g/mol. The van der Waals surface area contributed by atoms with Gasteiger partial charge in [-0.15, -0.1) is 0 Å². The lowest BCUT2D eigenvalue weighted by Crippen LogP contribution is -2.47. The zero-order valence-corrected chi connectivity index (χ0v) is 24.2. The number of amides is 1. The molecule has 7 heteroatoms. The first-order valence-corrected chi connectivity index (χ1v) is 14.7. The molecule has 0 spiro atoms. The largest absolute Gasteiger partial charge is 0.508 e. The van der Waals surface area contributed by atoms with Gasteiger partial charge in [-0.05, 0) is 110 Å². The number of carbonyl (C=O) groups is 1. The van der Waals surface area contributed by atoms with Gasteiger partial charge in [0, 0.05) is 31.8 Å². The Hall–Kier alpha value is -2.83. The topological polar surface area (TPSA) is 59.0 Å². The van der Waals surface area contributed by atoms with E-state index < -0.39 is 11.3 Å². The molecular formula is C33H43F2NO4. The van der Waals surface area contributed by atoms with Crippen LogP contribution in [-0.4, -0.2) is 49.6 Å². The number of halogens is 2. The highest BCUT2D eigenvalue weighted by atomic mass is 19.3. The molecule has 5 rings (SSSR count). The molecule has 218 valence electrons. The Balaban J connectivity index is 1.20. The third-order valence-electron chi connectivity index (χ3n) is 10.4. The van der Waals surface area contributed by atoms with Crippen molar-refractivity contribution in [1.82, 2.24) is 4.90 Å². The maximum absolute atomic E-state index is 15.6. The van der Waals surface area contributed by atoms with E-state index in [9.17, 15) is 9.90 Å². The van der Waals surface area contributed by atoms with Gasteiger partial charge < -0.3 is 19.5 Å². The van der Waals surface area contributed by atoms with Gasteiger partial charge in [0.25, 0.3) is 5.92 Å². The van der Waals surface area contributed by atoms with Gasteiger partial charge in [0.05, 0.1) is 14.2 Å². The number of aryl methyl sites for hydroxylation is 1. The highest BCUT2D eigenvalue weighted by molar-refractivity contribution is 5.75. The molecule has 0 aliphatic heterocycles. The van der Waals surface area contributed by atoms with Crippen LogP contribution in [0, 0.1) is 23.2 Å². The van der Waals surface area contributed by atoms with Crippen LogP contribution >= 0.6 is 0 Å². The van der Waals surface area contributed by atoms with E-state index in [0.717, 1.165) is 24.8 Å². The number of rotatable bonds is 9. The summed E-state index contributed by atoms with van der Waals surface area (Å²) in [5.74, 6) is -0.607. The molecule has 0 aromatic heterocycles. The Labute approximate surface area is 236 Å². The van der Waals surface area contributed by atoms with Crippen molar-refractivity contribution in [3.63, 3.8) is 0 Å². The van der Waals surface area contributed by atoms with E-state index in [-0.39, 0.29) is 41.7 Å². The first-order valence-electron chi connectivity index (χ1n) is 14.7. The van der Waals surface area contributed by atoms with Gasteiger partial charge in [-0.1, -0.05) is 19.1 Å². The number of fused-ring (bicyclic) bond motifs is 5. The van der Waals surface area contributed by atoms with E-state index >= 15 is 8.78 Å². The van der Waals surface area contributed by atoms with Crippen molar-refractivity contribution in [3.8, 4) is 17.2 Å². The van der Waals surface area contributed by atoms with Crippen LogP contribution in [-0.2, 0) is 17.6 Å². The number of phenols is 1. The number of likely N-dealkylation sites (N-methyl/N-ethyl adjacent to an activating group) is 1. The molecule has 2 aromatic carbocycles. The van der Waals surface area contributed by atoms with Crippen LogP contribution in [0.5, 0.6) is 17.2 Å². The molecular weight excluding hydrogens is 512 g/mol. The molecule has 5 atom stereocenters. The van der Waals surface area contributed by atoms with E-state index in [1.807, 2.05) is 44.3 Å². The normalized spacial score (nSPS) is 28.2. The van der Waals surface area contributed by atoms with E-state index in [2.05, 4.69) is 0 Å². The monoisotopic (exact) mass is 555 g/mol. The second kappa shape index (κ2) is 11.2. The maximum Gasteiger partial charge on any atom is 0.253 e. The highest BCUT2D eigenvalue weighted by Gasteiger charge is 2.67. The van der Waals surface area contributed by atoms with Crippen molar-refractivity contribution in [2.45, 2.75) is 76.6 Å². The smallest absolute Gasteiger partial charge is 0.253 e. The van der Waals surface area contributed by atoms with E-state index in [0.29, 0.717) is 50.1 Å². The van der Waals surface area contributed by atoms with Crippen LogP contribution in [0.2, 0.25) is 0 Å². The zero-order valence-electron chi connectivity index (χ0n) is 24.2. The Kier molecular flexibility index (Phi) is 8.04. The number of hydrogen-bond acceptors (Lipinski definition) is 4. The predicted molar refractivity (Wildman–Crippen MR) is 151 cm³/mol. The molecule has 2 fully saturated rings. The number of hydrogen-bond donors (Lipinski definition) is 1. The van der Waals surface area contributed by atoms with Crippen molar-refractivity contribution in [2.24, 2.45) is 23.2 Å². The summed E-state index contributed by atoms with van der Waals surface area (Å²) in [7, 11) is 5.02. The molecule has 2 aromatic rings. The zero-order chi connectivity index (χ0) is 28.7. The summed E-state index contributed by atoms with van der Waals surface area (Å²) in [5, 5.41) is 9.96. The number of alkyl halides is 2. The molecule has 3 aliphatic rings. The lowest BCUT2D eigenvalue weighted by atomic mass is 9.53. The minimum atomic E-state index is -2.68. The molecule has 1 amide bonds. The van der Waals surface area contributed by atoms with Gasteiger partial charge in [0.1, 0.15) is 5.75 Å². The fourth-order valence-electron chi connectivity index (χ4n) is 8.25. The first-order chi connectivity index (χ1) is 19.1. The number of carbonyl (C=O) groups excluding carboxylic acids is 1. The van der Waals surface area contributed by atoms with Crippen LogP contribution in [0.15, 0.2) is 36.4 Å². The van der Waals surface area contributed by atoms with Crippen LogP contribution in [0.4, 0.5) is 8.78 Å². The fraction of sp³-hybridized carbons (Fsp3) is 0.606. The summed E-state index contributed by atoms with van der Waals surface area (Å²) >= 11 is 0. The van der Waals surface area contributed by atoms with Crippen molar-refractivity contribution < 1.29 is 28.2 Å². The number of methoxy groups -OCH3 is 2. The summed E-state index contributed by atoms with van der Waals surface area (Å²) in [6, 6.07) is 11.4. The summed E-state index contributed by atoms with van der Waals surface area (Å²) < 4.78 is 41.8.